The lowest BCUT2D eigenvalue weighted by atomic mass is 10.2. The molecule has 1 saturated heterocycles. The number of carbonyl (C=O) groups excluding carboxylic acids is 1. The van der Waals surface area contributed by atoms with Crippen molar-refractivity contribution in [2.45, 2.75) is 13.0 Å². The van der Waals surface area contributed by atoms with Gasteiger partial charge in [-0.1, -0.05) is 0 Å². The second-order valence-corrected chi connectivity index (χ2v) is 2.17. The zero-order valence-electron chi connectivity index (χ0n) is 6.63. The third-order valence-corrected chi connectivity index (χ3v) is 1.38. The van der Waals surface area contributed by atoms with E-state index in [9.17, 15) is 4.79 Å². The molecule has 0 aromatic carbocycles. The molecule has 1 aliphatic heterocycles. The van der Waals surface area contributed by atoms with Crippen molar-refractivity contribution in [3.63, 3.8) is 0 Å². The quantitative estimate of drug-likeness (QED) is 0.676. The molecular weight excluding hydrogens is 259 g/mol. The summed E-state index contributed by atoms with van der Waals surface area (Å²) < 4.78 is 5.13. The summed E-state index contributed by atoms with van der Waals surface area (Å²) in [4.78, 5) is 10.6. The molecule has 0 aromatic heterocycles. The highest BCUT2D eigenvalue weighted by atomic mass is 127. The van der Waals surface area contributed by atoms with Crippen LogP contribution in [0.25, 0.3) is 0 Å². The normalized spacial score (nSPS) is 22.8. The van der Waals surface area contributed by atoms with Crippen molar-refractivity contribution >= 4 is 29.8 Å². The maximum absolute atomic E-state index is 10.6. The Morgan fingerprint density at radius 2 is 2.27 bits per heavy atom. The number of halogens is 1. The molecular formula is C6H15IN2O2. The summed E-state index contributed by atoms with van der Waals surface area (Å²) in [6.45, 7) is 3.75. The van der Waals surface area contributed by atoms with Gasteiger partial charge in [-0.25, -0.2) is 0 Å². The Hall–Kier alpha value is 0.280. The van der Waals surface area contributed by atoms with E-state index in [4.69, 9.17) is 4.74 Å². The molecule has 0 radical (unpaired) electrons. The molecule has 68 valence electrons. The van der Waals surface area contributed by atoms with Crippen LogP contribution in [-0.4, -0.2) is 31.6 Å². The number of rotatable bonds is 1. The van der Waals surface area contributed by atoms with Crippen LogP contribution in [0, 0.1) is 0 Å². The topological polar surface area (TPSA) is 73.3 Å². The van der Waals surface area contributed by atoms with Gasteiger partial charge in [-0.3, -0.25) is 4.79 Å². The molecule has 1 rings (SSSR count). The largest absolute Gasteiger partial charge is 0.368 e. The molecule has 1 unspecified atom stereocenters. The number of nitrogens with one attached hydrogen (secondary N) is 1. The van der Waals surface area contributed by atoms with Gasteiger partial charge in [0.2, 0.25) is 0 Å². The number of morpholine rings is 1. The second kappa shape index (κ2) is 6.96. The van der Waals surface area contributed by atoms with E-state index in [1.54, 1.807) is 6.92 Å². The van der Waals surface area contributed by atoms with Gasteiger partial charge in [0.05, 0.1) is 6.61 Å². The fourth-order valence-corrected chi connectivity index (χ4v) is 0.827. The average molecular weight is 274 g/mol. The van der Waals surface area contributed by atoms with Crippen LogP contribution < -0.4 is 11.5 Å². The predicted molar refractivity (Wildman–Crippen MR) is 53.7 cm³/mol. The van der Waals surface area contributed by atoms with E-state index in [0.717, 1.165) is 6.54 Å². The third-order valence-electron chi connectivity index (χ3n) is 1.38. The monoisotopic (exact) mass is 274 g/mol. The highest BCUT2D eigenvalue weighted by Crippen LogP contribution is 1.95. The standard InChI is InChI=1S/C6H11NO2.HI.H3N/c1-5(8)6-4-7-2-3-9-6;;/h6-7H,2-4H2,1H3;1H;1H3. The predicted octanol–water partition coefficient (Wildman–Crippen LogP) is 0.344. The maximum atomic E-state index is 10.6. The highest BCUT2D eigenvalue weighted by Gasteiger charge is 2.16. The number of hydrogen-bond acceptors (Lipinski definition) is 4. The summed E-state index contributed by atoms with van der Waals surface area (Å²) in [5.41, 5.74) is 0. The zero-order valence-corrected chi connectivity index (χ0v) is 8.96. The van der Waals surface area contributed by atoms with E-state index in [0.29, 0.717) is 13.2 Å². The Morgan fingerprint density at radius 1 is 1.64 bits per heavy atom. The van der Waals surface area contributed by atoms with Crippen molar-refractivity contribution in [2.24, 2.45) is 0 Å². The van der Waals surface area contributed by atoms with Crippen LogP contribution in [0.3, 0.4) is 0 Å². The van der Waals surface area contributed by atoms with E-state index in [1.165, 1.54) is 0 Å². The first-order valence-corrected chi connectivity index (χ1v) is 3.13. The number of ether oxygens (including phenoxy) is 1. The number of carbonyl (C=O) groups is 1. The maximum Gasteiger partial charge on any atom is 0.159 e. The van der Waals surface area contributed by atoms with Crippen molar-refractivity contribution in [2.75, 3.05) is 19.7 Å². The van der Waals surface area contributed by atoms with Gasteiger partial charge in [-0.2, -0.15) is 0 Å². The Kier molecular flexibility index (Phi) is 8.76. The molecule has 0 aliphatic carbocycles. The summed E-state index contributed by atoms with van der Waals surface area (Å²) in [5, 5.41) is 3.07. The minimum Gasteiger partial charge on any atom is -0.368 e. The Balaban J connectivity index is 0. The first-order valence-electron chi connectivity index (χ1n) is 3.13. The lowest BCUT2D eigenvalue weighted by Gasteiger charge is -2.20. The lowest BCUT2D eigenvalue weighted by Crippen LogP contribution is -2.42. The van der Waals surface area contributed by atoms with Crippen LogP contribution >= 0.6 is 24.0 Å². The minimum absolute atomic E-state index is 0. The van der Waals surface area contributed by atoms with Crippen molar-refractivity contribution in [3.05, 3.63) is 0 Å². The van der Waals surface area contributed by atoms with Gasteiger partial charge < -0.3 is 16.2 Å². The molecule has 11 heavy (non-hydrogen) atoms. The van der Waals surface area contributed by atoms with Crippen LogP contribution in [0.4, 0.5) is 0 Å². The van der Waals surface area contributed by atoms with E-state index < -0.39 is 0 Å². The molecule has 1 atom stereocenters. The van der Waals surface area contributed by atoms with Crippen molar-refractivity contribution < 1.29 is 9.53 Å². The highest BCUT2D eigenvalue weighted by molar-refractivity contribution is 14.0. The smallest absolute Gasteiger partial charge is 0.159 e. The fourth-order valence-electron chi connectivity index (χ4n) is 0.827. The summed E-state index contributed by atoms with van der Waals surface area (Å²) in [6.07, 6.45) is -0.196. The molecule has 4 nitrogen and oxygen atoms in total. The SMILES string of the molecule is CC(=O)C1CNCCO1.I.N. The van der Waals surface area contributed by atoms with Crippen LogP contribution in [0.15, 0.2) is 0 Å². The summed E-state index contributed by atoms with van der Waals surface area (Å²) >= 11 is 0. The van der Waals surface area contributed by atoms with E-state index >= 15 is 0 Å². The summed E-state index contributed by atoms with van der Waals surface area (Å²) in [6, 6.07) is 0. The van der Waals surface area contributed by atoms with E-state index in [1.807, 2.05) is 0 Å². The van der Waals surface area contributed by atoms with E-state index in [2.05, 4.69) is 5.32 Å². The second-order valence-electron chi connectivity index (χ2n) is 2.17. The van der Waals surface area contributed by atoms with Crippen LogP contribution in [-0.2, 0) is 9.53 Å². The van der Waals surface area contributed by atoms with Crippen molar-refractivity contribution in [1.82, 2.24) is 11.5 Å². The minimum atomic E-state index is -0.196. The Morgan fingerprint density at radius 3 is 2.55 bits per heavy atom. The average Bonchev–Trinajstić information content (AvgIpc) is 1.90. The zero-order chi connectivity index (χ0) is 6.69. The molecule has 0 spiro atoms. The third kappa shape index (κ3) is 4.67. The van der Waals surface area contributed by atoms with Gasteiger partial charge >= 0.3 is 0 Å². The molecule has 0 saturated carbocycles. The van der Waals surface area contributed by atoms with Gasteiger partial charge in [0.25, 0.3) is 0 Å². The van der Waals surface area contributed by atoms with Crippen LogP contribution in [0.1, 0.15) is 6.92 Å². The molecule has 0 amide bonds. The molecule has 1 heterocycles. The lowest BCUT2D eigenvalue weighted by molar-refractivity contribution is -0.129. The van der Waals surface area contributed by atoms with Crippen molar-refractivity contribution in [3.8, 4) is 0 Å². The first-order chi connectivity index (χ1) is 4.30. The Bertz CT molecular complexity index is 115. The summed E-state index contributed by atoms with van der Waals surface area (Å²) in [7, 11) is 0. The fraction of sp³-hybridized carbons (Fsp3) is 0.833. The van der Waals surface area contributed by atoms with E-state index in [-0.39, 0.29) is 42.0 Å². The molecule has 0 bridgehead atoms. The molecule has 1 aliphatic rings. The van der Waals surface area contributed by atoms with Gasteiger partial charge in [-0.05, 0) is 6.92 Å². The number of ketones is 1. The Labute approximate surface area is 83.7 Å². The van der Waals surface area contributed by atoms with Gasteiger partial charge in [0, 0.05) is 13.1 Å². The van der Waals surface area contributed by atoms with Gasteiger partial charge in [-0.15, -0.1) is 24.0 Å². The first kappa shape index (κ1) is 13.8. The van der Waals surface area contributed by atoms with Crippen LogP contribution in [0.5, 0.6) is 0 Å². The molecule has 0 aromatic rings. The molecule has 4 N–H and O–H groups in total. The van der Waals surface area contributed by atoms with Crippen molar-refractivity contribution in [1.29, 1.82) is 0 Å². The molecule has 1 fully saturated rings. The summed E-state index contributed by atoms with van der Waals surface area (Å²) in [5.74, 6) is 0.113. The number of hydrogen-bond donors (Lipinski definition) is 2. The molecule has 5 heteroatoms. The van der Waals surface area contributed by atoms with Crippen LogP contribution in [0.2, 0.25) is 0 Å². The van der Waals surface area contributed by atoms with Gasteiger partial charge in [0.1, 0.15) is 6.10 Å². The van der Waals surface area contributed by atoms with Gasteiger partial charge in [0.15, 0.2) is 5.78 Å². The number of Topliss-reactive ketones (excluding diaryl/α,β-unsaturated/α-hetero) is 1.